The Kier molecular flexibility index (Phi) is 4.62. The van der Waals surface area contributed by atoms with E-state index in [4.69, 9.17) is 4.74 Å². The van der Waals surface area contributed by atoms with Gasteiger partial charge in [-0.2, -0.15) is 0 Å². The van der Waals surface area contributed by atoms with Gasteiger partial charge in [0, 0.05) is 5.75 Å². The second-order valence-electron chi connectivity index (χ2n) is 3.85. The summed E-state index contributed by atoms with van der Waals surface area (Å²) >= 11 is 1.48. The van der Waals surface area contributed by atoms with Gasteiger partial charge in [0.1, 0.15) is 0 Å². The van der Waals surface area contributed by atoms with E-state index < -0.39 is 0 Å². The van der Waals surface area contributed by atoms with Crippen molar-refractivity contribution in [3.63, 3.8) is 0 Å². The van der Waals surface area contributed by atoms with Crippen molar-refractivity contribution in [2.24, 2.45) is 0 Å². The maximum atomic E-state index is 11.2. The maximum absolute atomic E-state index is 11.2. The normalized spacial score (nSPS) is 13.2. The molecule has 0 radical (unpaired) electrons. The minimum atomic E-state index is -0.196. The molecule has 6 nitrogen and oxygen atoms in total. The molecule has 7 heteroatoms. The van der Waals surface area contributed by atoms with E-state index in [9.17, 15) is 9.59 Å². The van der Waals surface area contributed by atoms with Gasteiger partial charge in [-0.05, 0) is 19.1 Å². The first-order chi connectivity index (χ1) is 9.19. The highest BCUT2D eigenvalue weighted by Gasteiger charge is 2.15. The van der Waals surface area contributed by atoms with E-state index in [0.717, 1.165) is 5.03 Å². The molecule has 0 atom stereocenters. The monoisotopic (exact) mass is 281 g/mol. The van der Waals surface area contributed by atoms with Crippen LogP contribution in [0.5, 0.6) is 0 Å². The molecule has 2 rings (SSSR count). The van der Waals surface area contributed by atoms with E-state index in [2.05, 4.69) is 15.6 Å². The molecule has 0 fully saturated rings. The third-order valence-corrected chi connectivity index (χ3v) is 3.35. The summed E-state index contributed by atoms with van der Waals surface area (Å²) in [5.41, 5.74) is 0.686. The molecule has 1 aromatic heterocycles. The summed E-state index contributed by atoms with van der Waals surface area (Å²) < 4.78 is 4.85. The van der Waals surface area contributed by atoms with Gasteiger partial charge in [-0.1, -0.05) is 0 Å². The summed E-state index contributed by atoms with van der Waals surface area (Å²) in [5.74, 6) is 1.02. The van der Waals surface area contributed by atoms with Crippen LogP contribution in [0, 0.1) is 0 Å². The summed E-state index contributed by atoms with van der Waals surface area (Å²) in [5, 5.41) is 6.49. The quantitative estimate of drug-likeness (QED) is 0.629. The Hall–Kier alpha value is -1.76. The van der Waals surface area contributed by atoms with Gasteiger partial charge in [-0.25, -0.2) is 4.98 Å². The molecule has 0 unspecified atom stereocenters. The van der Waals surface area contributed by atoms with Crippen LogP contribution in [0.1, 0.15) is 13.3 Å². The van der Waals surface area contributed by atoms with E-state index in [0.29, 0.717) is 30.3 Å². The standard InChI is InChI=1S/C12H15N3O3S/c1-2-18-11(17)5-6-19-10-4-3-8-12(15-10)13-7-9(16)14-8/h3-4H,2,5-7H2,1H3,(H,13,15)(H,14,16). The fourth-order valence-electron chi connectivity index (χ4n) is 1.59. The lowest BCUT2D eigenvalue weighted by molar-refractivity contribution is -0.142. The highest BCUT2D eigenvalue weighted by Crippen LogP contribution is 2.26. The number of nitrogens with zero attached hydrogens (tertiary/aromatic N) is 1. The number of aromatic nitrogens is 1. The molecule has 0 spiro atoms. The number of ether oxygens (including phenoxy) is 1. The Labute approximate surface area is 115 Å². The lowest BCUT2D eigenvalue weighted by Crippen LogP contribution is -2.28. The third-order valence-electron chi connectivity index (χ3n) is 2.42. The first-order valence-corrected chi connectivity index (χ1v) is 7.01. The third kappa shape index (κ3) is 3.85. The van der Waals surface area contributed by atoms with Crippen LogP contribution in [-0.2, 0) is 14.3 Å². The number of hydrogen-bond acceptors (Lipinski definition) is 6. The summed E-state index contributed by atoms with van der Waals surface area (Å²) in [6.07, 6.45) is 0.363. The summed E-state index contributed by atoms with van der Waals surface area (Å²) in [6.45, 7) is 2.43. The molecule has 1 amide bonds. The average Bonchev–Trinajstić information content (AvgIpc) is 2.39. The Bertz CT molecular complexity index is 493. The van der Waals surface area contributed by atoms with Crippen LogP contribution in [0.15, 0.2) is 17.2 Å². The van der Waals surface area contributed by atoms with Gasteiger partial charge in [0.15, 0.2) is 5.82 Å². The topological polar surface area (TPSA) is 80.3 Å². The summed E-state index contributed by atoms with van der Waals surface area (Å²) in [4.78, 5) is 26.7. The molecular formula is C12H15N3O3S. The predicted octanol–water partition coefficient (Wildman–Crippen LogP) is 1.49. The molecule has 1 aliphatic rings. The van der Waals surface area contributed by atoms with Crippen LogP contribution in [-0.4, -0.2) is 35.8 Å². The van der Waals surface area contributed by atoms with Crippen molar-refractivity contribution in [2.45, 2.75) is 18.4 Å². The average molecular weight is 281 g/mol. The molecule has 1 aromatic rings. The van der Waals surface area contributed by atoms with Crippen LogP contribution in [0.3, 0.4) is 0 Å². The van der Waals surface area contributed by atoms with Crippen molar-refractivity contribution in [2.75, 3.05) is 29.5 Å². The molecule has 0 bridgehead atoms. The van der Waals surface area contributed by atoms with E-state index in [1.54, 1.807) is 13.0 Å². The fraction of sp³-hybridized carbons (Fsp3) is 0.417. The smallest absolute Gasteiger partial charge is 0.306 e. The van der Waals surface area contributed by atoms with Gasteiger partial charge in [0.05, 0.1) is 30.3 Å². The lowest BCUT2D eigenvalue weighted by atomic mass is 10.3. The number of amides is 1. The highest BCUT2D eigenvalue weighted by molar-refractivity contribution is 7.99. The molecule has 102 valence electrons. The molecule has 19 heavy (non-hydrogen) atoms. The van der Waals surface area contributed by atoms with Crippen molar-refractivity contribution in [3.05, 3.63) is 12.1 Å². The predicted molar refractivity (Wildman–Crippen MR) is 73.3 cm³/mol. The van der Waals surface area contributed by atoms with Crippen molar-refractivity contribution in [1.82, 2.24) is 4.98 Å². The van der Waals surface area contributed by atoms with Crippen LogP contribution < -0.4 is 10.6 Å². The molecule has 1 aliphatic heterocycles. The van der Waals surface area contributed by atoms with Crippen LogP contribution in [0.2, 0.25) is 0 Å². The number of pyridine rings is 1. The molecule has 0 aromatic carbocycles. The zero-order chi connectivity index (χ0) is 13.7. The van der Waals surface area contributed by atoms with Crippen molar-refractivity contribution < 1.29 is 14.3 Å². The molecule has 0 saturated heterocycles. The van der Waals surface area contributed by atoms with Gasteiger partial charge in [0.2, 0.25) is 5.91 Å². The number of nitrogens with one attached hydrogen (secondary N) is 2. The fourth-order valence-corrected chi connectivity index (χ4v) is 2.39. The number of rotatable bonds is 5. The van der Waals surface area contributed by atoms with Gasteiger partial charge in [-0.3, -0.25) is 9.59 Å². The van der Waals surface area contributed by atoms with E-state index in [1.165, 1.54) is 11.8 Å². The second-order valence-corrected chi connectivity index (χ2v) is 4.97. The largest absolute Gasteiger partial charge is 0.466 e. The molecular weight excluding hydrogens is 266 g/mol. The highest BCUT2D eigenvalue weighted by atomic mass is 32.2. The zero-order valence-corrected chi connectivity index (χ0v) is 11.4. The lowest BCUT2D eigenvalue weighted by Gasteiger charge is -2.17. The Morgan fingerprint density at radius 3 is 3.16 bits per heavy atom. The Balaban J connectivity index is 1.88. The minimum Gasteiger partial charge on any atom is -0.466 e. The first kappa shape index (κ1) is 13.7. The minimum absolute atomic E-state index is 0.0722. The van der Waals surface area contributed by atoms with Crippen molar-refractivity contribution >= 4 is 35.1 Å². The number of carbonyl (C=O) groups is 2. The number of thioether (sulfide) groups is 1. The number of fused-ring (bicyclic) bond motifs is 1. The van der Waals surface area contributed by atoms with Gasteiger partial charge >= 0.3 is 5.97 Å². The molecule has 2 N–H and O–H groups in total. The van der Waals surface area contributed by atoms with Crippen LogP contribution in [0.4, 0.5) is 11.5 Å². The zero-order valence-electron chi connectivity index (χ0n) is 10.6. The van der Waals surface area contributed by atoms with E-state index >= 15 is 0 Å². The first-order valence-electron chi connectivity index (χ1n) is 6.02. The molecule has 0 saturated carbocycles. The van der Waals surface area contributed by atoms with E-state index in [-0.39, 0.29) is 18.4 Å². The van der Waals surface area contributed by atoms with Gasteiger partial charge in [0.25, 0.3) is 0 Å². The van der Waals surface area contributed by atoms with Crippen LogP contribution >= 0.6 is 11.8 Å². The number of anilines is 2. The van der Waals surface area contributed by atoms with Crippen molar-refractivity contribution in [3.8, 4) is 0 Å². The molecule has 2 heterocycles. The second kappa shape index (κ2) is 6.42. The summed E-state index contributed by atoms with van der Waals surface area (Å²) in [7, 11) is 0. The number of hydrogen-bond donors (Lipinski definition) is 2. The summed E-state index contributed by atoms with van der Waals surface area (Å²) in [6, 6.07) is 3.63. The number of esters is 1. The van der Waals surface area contributed by atoms with Gasteiger partial charge < -0.3 is 15.4 Å². The molecule has 0 aliphatic carbocycles. The Morgan fingerprint density at radius 1 is 1.53 bits per heavy atom. The van der Waals surface area contributed by atoms with Crippen LogP contribution in [0.25, 0.3) is 0 Å². The Morgan fingerprint density at radius 2 is 2.37 bits per heavy atom. The van der Waals surface area contributed by atoms with Crippen molar-refractivity contribution in [1.29, 1.82) is 0 Å². The van der Waals surface area contributed by atoms with E-state index in [1.807, 2.05) is 6.07 Å². The SMILES string of the molecule is CCOC(=O)CCSc1ccc2c(n1)NCC(=O)N2. The maximum Gasteiger partial charge on any atom is 0.306 e. The van der Waals surface area contributed by atoms with Gasteiger partial charge in [-0.15, -0.1) is 11.8 Å². The number of carbonyl (C=O) groups excluding carboxylic acids is 2.